The second-order valence-corrected chi connectivity index (χ2v) is 5.29. The average molecular weight is 262 g/mol. The van der Waals surface area contributed by atoms with Crippen molar-refractivity contribution >= 4 is 11.6 Å². The number of nitrogens with zero attached hydrogens (tertiary/aromatic N) is 4. The summed E-state index contributed by atoms with van der Waals surface area (Å²) in [5.41, 5.74) is 5.19. The number of anilines is 2. The molecule has 2 heterocycles. The molecule has 1 aliphatic heterocycles. The fraction of sp³-hybridized carbons (Fsp3) is 0.312. The lowest BCUT2D eigenvalue weighted by molar-refractivity contribution is 0.890. The molecule has 4 heteroatoms. The summed E-state index contributed by atoms with van der Waals surface area (Å²) < 4.78 is 0. The molecule has 0 amide bonds. The SMILES string of the molecule is N#Cc1nc(N2CCc3ccccc32)nc2c1CCC2. The Bertz CT molecular complexity index is 730. The van der Waals surface area contributed by atoms with Gasteiger partial charge >= 0.3 is 0 Å². The van der Waals surface area contributed by atoms with Crippen molar-refractivity contribution in [2.24, 2.45) is 0 Å². The summed E-state index contributed by atoms with van der Waals surface area (Å²) in [7, 11) is 0. The van der Waals surface area contributed by atoms with Gasteiger partial charge in [0.15, 0.2) is 0 Å². The van der Waals surface area contributed by atoms with E-state index in [2.05, 4.69) is 34.2 Å². The molecular weight excluding hydrogens is 248 g/mol. The molecule has 0 saturated heterocycles. The molecule has 0 fully saturated rings. The number of aryl methyl sites for hydroxylation is 1. The number of hydrogen-bond donors (Lipinski definition) is 0. The Balaban J connectivity index is 1.83. The van der Waals surface area contributed by atoms with Crippen LogP contribution in [0.1, 0.15) is 28.9 Å². The molecule has 0 radical (unpaired) electrons. The van der Waals surface area contributed by atoms with Crippen LogP contribution in [-0.4, -0.2) is 16.5 Å². The van der Waals surface area contributed by atoms with Gasteiger partial charge in [0.05, 0.1) is 5.69 Å². The third-order valence-electron chi connectivity index (χ3n) is 4.16. The van der Waals surface area contributed by atoms with Gasteiger partial charge in [-0.05, 0) is 37.3 Å². The molecule has 0 bridgehead atoms. The number of fused-ring (bicyclic) bond motifs is 2. The van der Waals surface area contributed by atoms with E-state index in [0.717, 1.165) is 43.5 Å². The van der Waals surface area contributed by atoms with Crippen molar-refractivity contribution in [3.05, 3.63) is 46.8 Å². The zero-order chi connectivity index (χ0) is 13.5. The Labute approximate surface area is 117 Å². The van der Waals surface area contributed by atoms with E-state index in [9.17, 15) is 5.26 Å². The number of rotatable bonds is 1. The zero-order valence-corrected chi connectivity index (χ0v) is 11.1. The van der Waals surface area contributed by atoms with Crippen LogP contribution in [0.5, 0.6) is 0 Å². The third-order valence-corrected chi connectivity index (χ3v) is 4.16. The van der Waals surface area contributed by atoms with E-state index in [1.54, 1.807) is 0 Å². The minimum Gasteiger partial charge on any atom is -0.310 e. The predicted octanol–water partition coefficient (Wildman–Crippen LogP) is 2.53. The van der Waals surface area contributed by atoms with Crippen LogP contribution in [0.4, 0.5) is 11.6 Å². The van der Waals surface area contributed by atoms with Crippen LogP contribution in [0.25, 0.3) is 0 Å². The number of nitriles is 1. The Morgan fingerprint density at radius 1 is 1.10 bits per heavy atom. The highest BCUT2D eigenvalue weighted by Crippen LogP contribution is 2.34. The van der Waals surface area contributed by atoms with Gasteiger partial charge in [-0.25, -0.2) is 9.97 Å². The minimum atomic E-state index is 0.562. The quantitative estimate of drug-likeness (QED) is 0.792. The maximum atomic E-state index is 9.31. The van der Waals surface area contributed by atoms with Crippen molar-refractivity contribution in [3.63, 3.8) is 0 Å². The van der Waals surface area contributed by atoms with Crippen molar-refractivity contribution in [1.82, 2.24) is 9.97 Å². The normalized spacial score (nSPS) is 15.8. The van der Waals surface area contributed by atoms with Crippen LogP contribution in [0.3, 0.4) is 0 Å². The van der Waals surface area contributed by atoms with Gasteiger partial charge in [-0.2, -0.15) is 5.26 Å². The summed E-state index contributed by atoms with van der Waals surface area (Å²) in [5, 5.41) is 9.31. The van der Waals surface area contributed by atoms with Gasteiger partial charge < -0.3 is 4.90 Å². The predicted molar refractivity (Wildman–Crippen MR) is 75.9 cm³/mol. The Morgan fingerprint density at radius 2 is 2.00 bits per heavy atom. The van der Waals surface area contributed by atoms with Crippen molar-refractivity contribution in [2.75, 3.05) is 11.4 Å². The topological polar surface area (TPSA) is 52.8 Å². The Morgan fingerprint density at radius 3 is 2.90 bits per heavy atom. The highest BCUT2D eigenvalue weighted by Gasteiger charge is 2.25. The number of benzene rings is 1. The molecule has 2 aromatic rings. The molecule has 98 valence electrons. The van der Waals surface area contributed by atoms with Crippen LogP contribution in [0.15, 0.2) is 24.3 Å². The molecule has 4 nitrogen and oxygen atoms in total. The van der Waals surface area contributed by atoms with E-state index in [1.807, 2.05) is 6.07 Å². The standard InChI is InChI=1S/C16H14N4/c17-10-14-12-5-3-6-13(12)18-16(19-14)20-9-8-11-4-1-2-7-15(11)20/h1-2,4,7H,3,5-6,8-9H2. The summed E-state index contributed by atoms with van der Waals surface area (Å²) in [6.07, 6.45) is 4.00. The van der Waals surface area contributed by atoms with Crippen LogP contribution >= 0.6 is 0 Å². The molecule has 0 saturated carbocycles. The third kappa shape index (κ3) is 1.60. The van der Waals surface area contributed by atoms with Crippen molar-refractivity contribution in [2.45, 2.75) is 25.7 Å². The molecule has 0 N–H and O–H groups in total. The molecule has 2 aliphatic rings. The fourth-order valence-electron chi connectivity index (χ4n) is 3.18. The van der Waals surface area contributed by atoms with Crippen LogP contribution in [0, 0.1) is 11.3 Å². The molecule has 0 spiro atoms. The van der Waals surface area contributed by atoms with Crippen molar-refractivity contribution in [1.29, 1.82) is 5.26 Å². The summed E-state index contributed by atoms with van der Waals surface area (Å²) in [4.78, 5) is 11.3. The van der Waals surface area contributed by atoms with Crippen molar-refractivity contribution in [3.8, 4) is 6.07 Å². The van der Waals surface area contributed by atoms with Gasteiger partial charge in [-0.3, -0.25) is 0 Å². The number of para-hydroxylation sites is 1. The molecule has 0 atom stereocenters. The van der Waals surface area contributed by atoms with Gasteiger partial charge in [-0.1, -0.05) is 18.2 Å². The first-order valence-corrected chi connectivity index (χ1v) is 7.02. The lowest BCUT2D eigenvalue weighted by atomic mass is 10.2. The monoisotopic (exact) mass is 262 g/mol. The minimum absolute atomic E-state index is 0.562. The summed E-state index contributed by atoms with van der Waals surface area (Å²) >= 11 is 0. The maximum Gasteiger partial charge on any atom is 0.231 e. The van der Waals surface area contributed by atoms with Gasteiger partial charge in [0.2, 0.25) is 5.95 Å². The molecule has 1 aromatic heterocycles. The van der Waals surface area contributed by atoms with Crippen molar-refractivity contribution < 1.29 is 0 Å². The fourth-order valence-corrected chi connectivity index (χ4v) is 3.18. The molecule has 0 unspecified atom stereocenters. The first kappa shape index (κ1) is 11.4. The van der Waals surface area contributed by atoms with E-state index in [4.69, 9.17) is 4.98 Å². The average Bonchev–Trinajstić information content (AvgIpc) is 3.12. The Kier molecular flexibility index (Phi) is 2.46. The second-order valence-electron chi connectivity index (χ2n) is 5.29. The van der Waals surface area contributed by atoms with E-state index in [-0.39, 0.29) is 0 Å². The Hall–Kier alpha value is -2.41. The van der Waals surface area contributed by atoms with Gasteiger partial charge in [-0.15, -0.1) is 0 Å². The highest BCUT2D eigenvalue weighted by atomic mass is 15.3. The molecule has 20 heavy (non-hydrogen) atoms. The maximum absolute atomic E-state index is 9.31. The van der Waals surface area contributed by atoms with E-state index in [0.29, 0.717) is 11.6 Å². The van der Waals surface area contributed by atoms with Gasteiger partial charge in [0.25, 0.3) is 0 Å². The second kappa shape index (κ2) is 4.31. The smallest absolute Gasteiger partial charge is 0.231 e. The number of hydrogen-bond acceptors (Lipinski definition) is 4. The first-order chi connectivity index (χ1) is 9.86. The van der Waals surface area contributed by atoms with E-state index >= 15 is 0 Å². The lowest BCUT2D eigenvalue weighted by Crippen LogP contribution is -2.18. The first-order valence-electron chi connectivity index (χ1n) is 7.02. The summed E-state index contributed by atoms with van der Waals surface area (Å²) in [5.74, 6) is 0.687. The molecule has 1 aromatic carbocycles. The van der Waals surface area contributed by atoms with E-state index < -0.39 is 0 Å². The van der Waals surface area contributed by atoms with Gasteiger partial charge in [0.1, 0.15) is 11.8 Å². The summed E-state index contributed by atoms with van der Waals surface area (Å²) in [6, 6.07) is 10.6. The van der Waals surface area contributed by atoms with E-state index in [1.165, 1.54) is 11.3 Å². The molecule has 4 rings (SSSR count). The molecular formula is C16H14N4. The zero-order valence-electron chi connectivity index (χ0n) is 11.1. The molecule has 1 aliphatic carbocycles. The number of aromatic nitrogens is 2. The van der Waals surface area contributed by atoms with Crippen LogP contribution < -0.4 is 4.90 Å². The summed E-state index contributed by atoms with van der Waals surface area (Å²) in [6.45, 7) is 0.892. The van der Waals surface area contributed by atoms with Crippen LogP contribution in [-0.2, 0) is 19.3 Å². The van der Waals surface area contributed by atoms with Crippen LogP contribution in [0.2, 0.25) is 0 Å². The lowest BCUT2D eigenvalue weighted by Gasteiger charge is -2.18. The highest BCUT2D eigenvalue weighted by molar-refractivity contribution is 5.66. The van der Waals surface area contributed by atoms with Gasteiger partial charge in [0, 0.05) is 17.8 Å². The largest absolute Gasteiger partial charge is 0.310 e.